The van der Waals surface area contributed by atoms with E-state index in [1.807, 2.05) is 7.05 Å². The molecule has 1 unspecified atom stereocenters. The first-order valence-corrected chi connectivity index (χ1v) is 6.41. The Kier molecular flexibility index (Phi) is 5.16. The monoisotopic (exact) mass is 234 g/mol. The standard InChI is InChI=1S/C15H26N2/c1-12(10-16-5)17-11-13-6-8-14(9-7-13)15(2,3)4/h6-9,12,16-17H,10-11H2,1-5H3. The minimum atomic E-state index is 0.241. The van der Waals surface area contributed by atoms with Gasteiger partial charge in [0.25, 0.3) is 0 Å². The highest BCUT2D eigenvalue weighted by molar-refractivity contribution is 5.27. The van der Waals surface area contributed by atoms with Gasteiger partial charge in [0, 0.05) is 19.1 Å². The molecule has 0 bridgehead atoms. The molecule has 1 aromatic carbocycles. The van der Waals surface area contributed by atoms with E-state index < -0.39 is 0 Å². The summed E-state index contributed by atoms with van der Waals surface area (Å²) < 4.78 is 0. The van der Waals surface area contributed by atoms with Crippen LogP contribution in [-0.4, -0.2) is 19.6 Å². The van der Waals surface area contributed by atoms with Crippen molar-refractivity contribution in [3.05, 3.63) is 35.4 Å². The molecule has 1 atom stereocenters. The van der Waals surface area contributed by atoms with Crippen LogP contribution in [0.4, 0.5) is 0 Å². The van der Waals surface area contributed by atoms with E-state index in [9.17, 15) is 0 Å². The van der Waals surface area contributed by atoms with Gasteiger partial charge in [-0.05, 0) is 30.5 Å². The topological polar surface area (TPSA) is 24.1 Å². The summed E-state index contributed by atoms with van der Waals surface area (Å²) in [6.45, 7) is 10.9. The lowest BCUT2D eigenvalue weighted by Gasteiger charge is -2.19. The van der Waals surface area contributed by atoms with Gasteiger partial charge in [0.05, 0.1) is 0 Å². The van der Waals surface area contributed by atoms with Crippen molar-refractivity contribution in [1.82, 2.24) is 10.6 Å². The van der Waals surface area contributed by atoms with Crippen molar-refractivity contribution in [2.75, 3.05) is 13.6 Å². The van der Waals surface area contributed by atoms with Gasteiger partial charge in [0.2, 0.25) is 0 Å². The summed E-state index contributed by atoms with van der Waals surface area (Å²) in [5, 5.41) is 6.67. The number of rotatable bonds is 5. The van der Waals surface area contributed by atoms with Crippen LogP contribution in [0.1, 0.15) is 38.8 Å². The molecule has 0 aliphatic rings. The molecule has 0 aliphatic heterocycles. The molecule has 0 aromatic heterocycles. The lowest BCUT2D eigenvalue weighted by atomic mass is 9.87. The summed E-state index contributed by atoms with van der Waals surface area (Å²) in [5.74, 6) is 0. The number of hydrogen-bond acceptors (Lipinski definition) is 2. The van der Waals surface area contributed by atoms with Crippen molar-refractivity contribution in [1.29, 1.82) is 0 Å². The van der Waals surface area contributed by atoms with Crippen LogP contribution in [0, 0.1) is 0 Å². The number of hydrogen-bond donors (Lipinski definition) is 2. The Morgan fingerprint density at radius 1 is 1.12 bits per heavy atom. The maximum atomic E-state index is 3.50. The maximum Gasteiger partial charge on any atom is 0.0208 e. The van der Waals surface area contributed by atoms with Crippen molar-refractivity contribution >= 4 is 0 Å². The Hall–Kier alpha value is -0.860. The summed E-state index contributed by atoms with van der Waals surface area (Å²) in [6.07, 6.45) is 0. The van der Waals surface area contributed by atoms with Gasteiger partial charge >= 0.3 is 0 Å². The van der Waals surface area contributed by atoms with Gasteiger partial charge in [-0.1, -0.05) is 45.0 Å². The van der Waals surface area contributed by atoms with Gasteiger partial charge in [0.15, 0.2) is 0 Å². The maximum absolute atomic E-state index is 3.50. The lowest BCUT2D eigenvalue weighted by molar-refractivity contribution is 0.522. The zero-order valence-electron chi connectivity index (χ0n) is 11.8. The zero-order valence-corrected chi connectivity index (χ0v) is 11.8. The Balaban J connectivity index is 2.51. The van der Waals surface area contributed by atoms with E-state index >= 15 is 0 Å². The predicted molar refractivity (Wildman–Crippen MR) is 75.4 cm³/mol. The smallest absolute Gasteiger partial charge is 0.0208 e. The summed E-state index contributed by atoms with van der Waals surface area (Å²) in [7, 11) is 1.98. The van der Waals surface area contributed by atoms with E-state index in [1.54, 1.807) is 0 Å². The summed E-state index contributed by atoms with van der Waals surface area (Å²) in [5.41, 5.74) is 2.98. The van der Waals surface area contributed by atoms with Crippen molar-refractivity contribution in [2.45, 2.75) is 45.7 Å². The molecular weight excluding hydrogens is 208 g/mol. The molecule has 2 nitrogen and oxygen atoms in total. The van der Waals surface area contributed by atoms with Gasteiger partial charge in [-0.15, -0.1) is 0 Å². The highest BCUT2D eigenvalue weighted by Crippen LogP contribution is 2.22. The third kappa shape index (κ3) is 4.88. The Morgan fingerprint density at radius 3 is 2.18 bits per heavy atom. The number of benzene rings is 1. The van der Waals surface area contributed by atoms with E-state index in [0.29, 0.717) is 6.04 Å². The summed E-state index contributed by atoms with van der Waals surface area (Å²) in [6, 6.07) is 9.42. The SMILES string of the molecule is CNCC(C)NCc1ccc(C(C)(C)C)cc1. The first-order chi connectivity index (χ1) is 7.93. The molecular formula is C15H26N2. The van der Waals surface area contributed by atoms with Crippen LogP contribution >= 0.6 is 0 Å². The largest absolute Gasteiger partial charge is 0.318 e. The van der Waals surface area contributed by atoms with Crippen LogP contribution in [-0.2, 0) is 12.0 Å². The van der Waals surface area contributed by atoms with E-state index in [1.165, 1.54) is 11.1 Å². The van der Waals surface area contributed by atoms with Crippen molar-refractivity contribution in [3.8, 4) is 0 Å². The molecule has 0 radical (unpaired) electrons. The first-order valence-electron chi connectivity index (χ1n) is 6.41. The second kappa shape index (κ2) is 6.18. The third-order valence-electron chi connectivity index (χ3n) is 2.98. The van der Waals surface area contributed by atoms with Crippen molar-refractivity contribution in [3.63, 3.8) is 0 Å². The molecule has 2 N–H and O–H groups in total. The van der Waals surface area contributed by atoms with E-state index in [2.05, 4.69) is 62.6 Å². The predicted octanol–water partition coefficient (Wildman–Crippen LogP) is 2.68. The summed E-state index contributed by atoms with van der Waals surface area (Å²) in [4.78, 5) is 0. The average molecular weight is 234 g/mol. The average Bonchev–Trinajstić information content (AvgIpc) is 2.26. The minimum absolute atomic E-state index is 0.241. The zero-order chi connectivity index (χ0) is 12.9. The van der Waals surface area contributed by atoms with E-state index in [-0.39, 0.29) is 5.41 Å². The van der Waals surface area contributed by atoms with E-state index in [0.717, 1.165) is 13.1 Å². The van der Waals surface area contributed by atoms with Crippen LogP contribution in [0.15, 0.2) is 24.3 Å². The van der Waals surface area contributed by atoms with Gasteiger partial charge in [-0.2, -0.15) is 0 Å². The molecule has 0 amide bonds. The lowest BCUT2D eigenvalue weighted by Crippen LogP contribution is -2.34. The van der Waals surface area contributed by atoms with Crippen LogP contribution in [0.3, 0.4) is 0 Å². The molecule has 0 saturated carbocycles. The van der Waals surface area contributed by atoms with Crippen LogP contribution < -0.4 is 10.6 Å². The second-order valence-corrected chi connectivity index (χ2v) is 5.79. The Labute approximate surface area is 106 Å². The third-order valence-corrected chi connectivity index (χ3v) is 2.98. The molecule has 17 heavy (non-hydrogen) atoms. The van der Waals surface area contributed by atoms with Gasteiger partial charge in [-0.3, -0.25) is 0 Å². The molecule has 0 aliphatic carbocycles. The molecule has 0 spiro atoms. The molecule has 1 rings (SSSR count). The second-order valence-electron chi connectivity index (χ2n) is 5.79. The highest BCUT2D eigenvalue weighted by Gasteiger charge is 2.12. The van der Waals surface area contributed by atoms with Gasteiger partial charge in [0.1, 0.15) is 0 Å². The highest BCUT2D eigenvalue weighted by atomic mass is 15.0. The molecule has 0 heterocycles. The Morgan fingerprint density at radius 2 is 1.71 bits per heavy atom. The molecule has 1 aromatic rings. The molecule has 0 saturated heterocycles. The van der Waals surface area contributed by atoms with Gasteiger partial charge in [-0.25, -0.2) is 0 Å². The first kappa shape index (κ1) is 14.2. The Bertz CT molecular complexity index is 322. The minimum Gasteiger partial charge on any atom is -0.318 e. The van der Waals surface area contributed by atoms with Crippen LogP contribution in [0.5, 0.6) is 0 Å². The van der Waals surface area contributed by atoms with Gasteiger partial charge < -0.3 is 10.6 Å². The normalized spacial score (nSPS) is 13.7. The quantitative estimate of drug-likeness (QED) is 0.818. The number of nitrogens with one attached hydrogen (secondary N) is 2. The molecule has 2 heteroatoms. The summed E-state index contributed by atoms with van der Waals surface area (Å²) >= 11 is 0. The molecule has 0 fully saturated rings. The fraction of sp³-hybridized carbons (Fsp3) is 0.600. The van der Waals surface area contributed by atoms with E-state index in [4.69, 9.17) is 0 Å². The van der Waals surface area contributed by atoms with Crippen molar-refractivity contribution < 1.29 is 0 Å². The fourth-order valence-electron chi connectivity index (χ4n) is 1.79. The number of likely N-dealkylation sites (N-methyl/N-ethyl adjacent to an activating group) is 1. The molecule has 96 valence electrons. The van der Waals surface area contributed by atoms with Crippen LogP contribution in [0.2, 0.25) is 0 Å². The fourth-order valence-corrected chi connectivity index (χ4v) is 1.79. The van der Waals surface area contributed by atoms with Crippen LogP contribution in [0.25, 0.3) is 0 Å². The van der Waals surface area contributed by atoms with Crippen molar-refractivity contribution in [2.24, 2.45) is 0 Å².